The summed E-state index contributed by atoms with van der Waals surface area (Å²) in [5, 5.41) is 2.71. The van der Waals surface area contributed by atoms with Gasteiger partial charge in [-0.15, -0.1) is 0 Å². The van der Waals surface area contributed by atoms with Gasteiger partial charge in [-0.05, 0) is 41.8 Å². The molecule has 0 bridgehead atoms. The zero-order chi connectivity index (χ0) is 12.8. The van der Waals surface area contributed by atoms with Gasteiger partial charge in [0.1, 0.15) is 5.56 Å². The summed E-state index contributed by atoms with van der Waals surface area (Å²) in [4.78, 5) is 0. The molecule has 0 N–H and O–H groups in total. The van der Waals surface area contributed by atoms with Crippen molar-refractivity contribution in [1.82, 2.24) is 0 Å². The highest BCUT2D eigenvalue weighted by Gasteiger charge is 2.20. The third-order valence-corrected chi connectivity index (χ3v) is 4.19. The summed E-state index contributed by atoms with van der Waals surface area (Å²) in [6.45, 7) is 2.21. The standard InChI is InChI=1S/C19H15/c1-13-5-4-7-15-11-16-10-9-14-6-2-3-8-17(14)19(16)12-18(13)15/h2-11H,12H2,1H3/q+1. The average molecular weight is 243 g/mol. The van der Waals surface area contributed by atoms with Crippen molar-refractivity contribution in [2.45, 2.75) is 13.3 Å². The van der Waals surface area contributed by atoms with Crippen LogP contribution in [-0.4, -0.2) is 0 Å². The number of hydrogen-bond acceptors (Lipinski definition) is 0. The Morgan fingerprint density at radius 1 is 1.00 bits per heavy atom. The predicted octanol–water partition coefficient (Wildman–Crippen LogP) is 2.63. The number of hydrogen-bond donors (Lipinski definition) is 0. The zero-order valence-electron chi connectivity index (χ0n) is 11.0. The van der Waals surface area contributed by atoms with Crippen molar-refractivity contribution in [2.75, 3.05) is 0 Å². The first-order valence-corrected chi connectivity index (χ1v) is 6.77. The minimum atomic E-state index is 1.05. The summed E-state index contributed by atoms with van der Waals surface area (Å²) in [5.41, 5.74) is 7.12. The van der Waals surface area contributed by atoms with E-state index in [0.29, 0.717) is 0 Å². The third kappa shape index (κ3) is 1.57. The van der Waals surface area contributed by atoms with Crippen molar-refractivity contribution in [3.8, 4) is 0 Å². The molecule has 2 aromatic carbocycles. The van der Waals surface area contributed by atoms with E-state index in [1.54, 1.807) is 0 Å². The van der Waals surface area contributed by atoms with E-state index in [2.05, 4.69) is 68.0 Å². The monoisotopic (exact) mass is 243 g/mol. The zero-order valence-corrected chi connectivity index (χ0v) is 11.0. The van der Waals surface area contributed by atoms with Gasteiger partial charge in [0, 0.05) is 41.9 Å². The molecule has 0 aliphatic heterocycles. The molecule has 0 spiro atoms. The number of fused-ring (bicyclic) bond motifs is 4. The highest BCUT2D eigenvalue weighted by molar-refractivity contribution is 5.64. The smallest absolute Gasteiger partial charge is 0.0614 e. The topological polar surface area (TPSA) is 0 Å². The van der Waals surface area contributed by atoms with Gasteiger partial charge in [-0.2, -0.15) is 0 Å². The van der Waals surface area contributed by atoms with E-state index in [9.17, 15) is 0 Å². The van der Waals surface area contributed by atoms with E-state index in [4.69, 9.17) is 0 Å². The van der Waals surface area contributed by atoms with Crippen LogP contribution >= 0.6 is 0 Å². The van der Waals surface area contributed by atoms with E-state index in [-0.39, 0.29) is 0 Å². The Morgan fingerprint density at radius 3 is 2.84 bits per heavy atom. The van der Waals surface area contributed by atoms with Gasteiger partial charge in [-0.1, -0.05) is 18.2 Å². The molecule has 4 rings (SSSR count). The Balaban J connectivity index is 2.05. The van der Waals surface area contributed by atoms with Gasteiger partial charge in [0.05, 0.1) is 5.22 Å². The van der Waals surface area contributed by atoms with Crippen LogP contribution in [0.15, 0.2) is 42.5 Å². The second kappa shape index (κ2) is 3.89. The lowest BCUT2D eigenvalue weighted by Crippen LogP contribution is -2.25. The molecule has 0 nitrogen and oxygen atoms in total. The molecule has 0 fully saturated rings. The maximum absolute atomic E-state index is 2.33. The first-order chi connectivity index (χ1) is 9.33. The Bertz CT molecular complexity index is 820. The maximum atomic E-state index is 2.33. The fraction of sp³-hybridized carbons (Fsp3) is 0.105. The van der Waals surface area contributed by atoms with Gasteiger partial charge in [0.2, 0.25) is 0 Å². The first-order valence-electron chi connectivity index (χ1n) is 6.77. The summed E-state index contributed by atoms with van der Waals surface area (Å²) in [6.07, 6.45) is 12.1. The third-order valence-electron chi connectivity index (χ3n) is 4.19. The van der Waals surface area contributed by atoms with Crippen LogP contribution in [0.2, 0.25) is 0 Å². The summed E-state index contributed by atoms with van der Waals surface area (Å²) < 4.78 is 0. The van der Waals surface area contributed by atoms with Crippen molar-refractivity contribution >= 4 is 12.2 Å². The summed E-state index contributed by atoms with van der Waals surface area (Å²) in [6, 6.07) is 11.1. The molecule has 0 saturated carbocycles. The summed E-state index contributed by atoms with van der Waals surface area (Å²) in [7, 11) is 0. The number of benzene rings is 2. The predicted molar refractivity (Wildman–Crippen MR) is 80.3 cm³/mol. The molecule has 2 aromatic rings. The Hall–Kier alpha value is -2.21. The molecule has 0 unspecified atom stereocenters. The van der Waals surface area contributed by atoms with Gasteiger partial charge in [0.25, 0.3) is 0 Å². The summed E-state index contributed by atoms with van der Waals surface area (Å²) in [5.74, 6) is 0. The van der Waals surface area contributed by atoms with Crippen LogP contribution in [-0.2, 0) is 6.42 Å². The molecule has 19 heavy (non-hydrogen) atoms. The average Bonchev–Trinajstić information content (AvgIpc) is 2.46. The lowest BCUT2D eigenvalue weighted by atomic mass is 9.85. The molecule has 0 heterocycles. The van der Waals surface area contributed by atoms with Crippen molar-refractivity contribution in [3.05, 3.63) is 87.2 Å². The number of allylic oxidation sites excluding steroid dienone is 2. The molecular weight excluding hydrogens is 228 g/mol. The Morgan fingerprint density at radius 2 is 1.89 bits per heavy atom. The Kier molecular flexibility index (Phi) is 2.19. The van der Waals surface area contributed by atoms with Gasteiger partial charge >= 0.3 is 0 Å². The van der Waals surface area contributed by atoms with Crippen LogP contribution in [0.5, 0.6) is 0 Å². The SMILES string of the molecule is Cc1cccc2c1Cc1c3c(ccc1=C2)=CC=C[CH+]3. The van der Waals surface area contributed by atoms with Gasteiger partial charge in [-0.25, -0.2) is 0 Å². The molecule has 0 radical (unpaired) electrons. The highest BCUT2D eigenvalue weighted by atomic mass is 14.2. The second-order valence-electron chi connectivity index (χ2n) is 5.32. The van der Waals surface area contributed by atoms with Crippen molar-refractivity contribution in [2.24, 2.45) is 0 Å². The molecule has 0 aromatic heterocycles. The molecule has 0 atom stereocenters. The quantitative estimate of drug-likeness (QED) is 0.532. The lowest BCUT2D eigenvalue weighted by Gasteiger charge is -2.15. The molecule has 2 aliphatic carbocycles. The first kappa shape index (κ1) is 10.7. The largest absolute Gasteiger partial charge is 0.107 e. The van der Waals surface area contributed by atoms with E-state index < -0.39 is 0 Å². The van der Waals surface area contributed by atoms with Crippen LogP contribution < -0.4 is 10.4 Å². The van der Waals surface area contributed by atoms with Crippen LogP contribution in [0.4, 0.5) is 0 Å². The molecule has 0 saturated heterocycles. The van der Waals surface area contributed by atoms with Gasteiger partial charge in [-0.3, -0.25) is 0 Å². The van der Waals surface area contributed by atoms with Crippen LogP contribution in [0, 0.1) is 13.3 Å². The van der Waals surface area contributed by atoms with Crippen molar-refractivity contribution < 1.29 is 0 Å². The van der Waals surface area contributed by atoms with Gasteiger partial charge < -0.3 is 0 Å². The minimum absolute atomic E-state index is 1.05. The van der Waals surface area contributed by atoms with Gasteiger partial charge in [0.15, 0.2) is 0 Å². The molecule has 90 valence electrons. The Labute approximate surface area is 113 Å². The fourth-order valence-electron chi connectivity index (χ4n) is 3.13. The normalized spacial score (nSPS) is 14.4. The second-order valence-corrected chi connectivity index (χ2v) is 5.32. The molecule has 2 aliphatic rings. The minimum Gasteiger partial charge on any atom is -0.0614 e. The van der Waals surface area contributed by atoms with E-state index >= 15 is 0 Å². The molecular formula is C19H15+. The van der Waals surface area contributed by atoms with Crippen molar-refractivity contribution in [1.29, 1.82) is 0 Å². The van der Waals surface area contributed by atoms with Crippen LogP contribution in [0.3, 0.4) is 0 Å². The van der Waals surface area contributed by atoms with Crippen molar-refractivity contribution in [3.63, 3.8) is 0 Å². The fourth-order valence-corrected chi connectivity index (χ4v) is 3.13. The molecule has 0 heteroatoms. The van der Waals surface area contributed by atoms with Crippen LogP contribution in [0.25, 0.3) is 12.2 Å². The van der Waals surface area contributed by atoms with E-state index in [1.165, 1.54) is 38.3 Å². The number of aryl methyl sites for hydroxylation is 1. The maximum Gasteiger partial charge on any atom is 0.107 e. The number of rotatable bonds is 0. The lowest BCUT2D eigenvalue weighted by molar-refractivity contribution is 1.09. The van der Waals surface area contributed by atoms with E-state index in [1.807, 2.05) is 0 Å². The summed E-state index contributed by atoms with van der Waals surface area (Å²) >= 11 is 0. The van der Waals surface area contributed by atoms with E-state index in [0.717, 1.165) is 6.42 Å². The molecule has 0 amide bonds. The highest BCUT2D eigenvalue weighted by Crippen LogP contribution is 2.23. The van der Waals surface area contributed by atoms with Crippen LogP contribution in [0.1, 0.15) is 27.8 Å².